The highest BCUT2D eigenvalue weighted by Gasteiger charge is 2.29. The van der Waals surface area contributed by atoms with Gasteiger partial charge in [-0.05, 0) is 19.9 Å². The maximum Gasteiger partial charge on any atom is 0.308 e. The number of carboxylic acid groups (broad SMARTS) is 1. The average molecular weight is 264 g/mol. The van der Waals surface area contributed by atoms with Gasteiger partial charge in [-0.25, -0.2) is 13.1 Å². The number of carboxylic acids is 1. The van der Waals surface area contributed by atoms with Gasteiger partial charge in [0.05, 0.1) is 5.92 Å². The molecule has 17 heavy (non-hydrogen) atoms. The first-order valence-corrected chi connectivity index (χ1v) is 6.93. The van der Waals surface area contributed by atoms with E-state index in [4.69, 9.17) is 5.11 Å². The number of nitrogens with zero attached hydrogens (tertiary/aromatic N) is 1. The van der Waals surface area contributed by atoms with Crippen molar-refractivity contribution in [2.24, 2.45) is 5.92 Å². The number of piperidine rings is 1. The molecule has 0 aromatic rings. The normalized spacial score (nSPS) is 21.2. The van der Waals surface area contributed by atoms with Crippen molar-refractivity contribution < 1.29 is 23.1 Å². The van der Waals surface area contributed by atoms with Gasteiger partial charge in [-0.15, -0.1) is 0 Å². The molecule has 0 aliphatic carbocycles. The highest BCUT2D eigenvalue weighted by atomic mass is 32.2. The molecule has 1 heterocycles. The Morgan fingerprint density at radius 2 is 2.12 bits per heavy atom. The van der Waals surface area contributed by atoms with Gasteiger partial charge in [0, 0.05) is 13.1 Å². The Morgan fingerprint density at radius 1 is 1.47 bits per heavy atom. The number of carbonyl (C=O) groups is 2. The van der Waals surface area contributed by atoms with Gasteiger partial charge >= 0.3 is 5.97 Å². The summed E-state index contributed by atoms with van der Waals surface area (Å²) in [5.41, 5.74) is 0. The van der Waals surface area contributed by atoms with Gasteiger partial charge in [-0.2, -0.15) is 0 Å². The lowest BCUT2D eigenvalue weighted by Crippen LogP contribution is -2.45. The van der Waals surface area contributed by atoms with E-state index < -0.39 is 33.6 Å². The van der Waals surface area contributed by atoms with Crippen LogP contribution in [0, 0.1) is 5.92 Å². The Morgan fingerprint density at radius 3 is 2.65 bits per heavy atom. The number of likely N-dealkylation sites (tertiary alicyclic amines) is 1. The van der Waals surface area contributed by atoms with Gasteiger partial charge in [0.1, 0.15) is 5.75 Å². The van der Waals surface area contributed by atoms with Crippen LogP contribution in [0.4, 0.5) is 0 Å². The van der Waals surface area contributed by atoms with E-state index in [-0.39, 0.29) is 6.54 Å². The van der Waals surface area contributed by atoms with Gasteiger partial charge in [0.25, 0.3) is 0 Å². The third kappa shape index (κ3) is 3.97. The number of carbonyl (C=O) groups excluding carboxylic acids is 1. The van der Waals surface area contributed by atoms with E-state index >= 15 is 0 Å². The summed E-state index contributed by atoms with van der Waals surface area (Å²) in [7, 11) is -2.36. The summed E-state index contributed by atoms with van der Waals surface area (Å²) < 4.78 is 24.4. The van der Waals surface area contributed by atoms with E-state index in [1.807, 2.05) is 0 Å². The van der Waals surface area contributed by atoms with E-state index in [0.717, 1.165) is 0 Å². The second kappa shape index (κ2) is 5.46. The molecule has 8 heteroatoms. The minimum atomic E-state index is -3.59. The summed E-state index contributed by atoms with van der Waals surface area (Å²) in [4.78, 5) is 23.8. The van der Waals surface area contributed by atoms with E-state index in [0.29, 0.717) is 19.4 Å². The summed E-state index contributed by atoms with van der Waals surface area (Å²) in [6, 6.07) is 0. The molecule has 1 fully saturated rings. The minimum Gasteiger partial charge on any atom is -0.481 e. The Kier molecular flexibility index (Phi) is 4.47. The summed E-state index contributed by atoms with van der Waals surface area (Å²) >= 11 is 0. The molecule has 7 nitrogen and oxygen atoms in total. The molecular formula is C9H16N2O5S. The molecule has 1 aliphatic heterocycles. The monoisotopic (exact) mass is 264 g/mol. The number of rotatable bonds is 4. The zero-order valence-corrected chi connectivity index (χ0v) is 10.4. The van der Waals surface area contributed by atoms with Gasteiger partial charge in [0.2, 0.25) is 15.9 Å². The summed E-state index contributed by atoms with van der Waals surface area (Å²) in [5.74, 6) is -2.72. The summed E-state index contributed by atoms with van der Waals surface area (Å²) in [5, 5.41) is 8.85. The molecule has 1 unspecified atom stereocenters. The number of hydrogen-bond acceptors (Lipinski definition) is 4. The van der Waals surface area contributed by atoms with Crippen molar-refractivity contribution in [1.82, 2.24) is 9.62 Å². The van der Waals surface area contributed by atoms with Crippen LogP contribution in [0.5, 0.6) is 0 Å². The molecule has 1 rings (SSSR count). The molecular weight excluding hydrogens is 248 g/mol. The molecule has 0 bridgehead atoms. The van der Waals surface area contributed by atoms with Crippen LogP contribution in [0.25, 0.3) is 0 Å². The molecule has 2 N–H and O–H groups in total. The smallest absolute Gasteiger partial charge is 0.308 e. The molecule has 0 aromatic heterocycles. The largest absolute Gasteiger partial charge is 0.481 e. The lowest BCUT2D eigenvalue weighted by atomic mass is 9.98. The average Bonchev–Trinajstić information content (AvgIpc) is 2.28. The van der Waals surface area contributed by atoms with E-state index in [9.17, 15) is 18.0 Å². The van der Waals surface area contributed by atoms with Crippen molar-refractivity contribution in [3.05, 3.63) is 0 Å². The van der Waals surface area contributed by atoms with Crippen LogP contribution in [-0.4, -0.2) is 56.2 Å². The van der Waals surface area contributed by atoms with Crippen LogP contribution in [0.15, 0.2) is 0 Å². The summed E-state index contributed by atoms with van der Waals surface area (Å²) in [6.45, 7) is 0.509. The fraction of sp³-hybridized carbons (Fsp3) is 0.778. The molecule has 1 amide bonds. The topological polar surface area (TPSA) is 104 Å². The first-order chi connectivity index (χ1) is 7.85. The quantitative estimate of drug-likeness (QED) is 0.668. The fourth-order valence-corrected chi connectivity index (χ4v) is 2.38. The van der Waals surface area contributed by atoms with Crippen molar-refractivity contribution in [1.29, 1.82) is 0 Å². The molecule has 1 atom stereocenters. The van der Waals surface area contributed by atoms with Crippen molar-refractivity contribution in [3.63, 3.8) is 0 Å². The third-order valence-electron chi connectivity index (χ3n) is 2.75. The second-order valence-electron chi connectivity index (χ2n) is 3.98. The van der Waals surface area contributed by atoms with Crippen molar-refractivity contribution in [2.75, 3.05) is 25.9 Å². The Labute approximate surface area is 99.8 Å². The predicted molar refractivity (Wildman–Crippen MR) is 59.8 cm³/mol. The SMILES string of the molecule is CNS(=O)(=O)CC(=O)N1CCCC(C(=O)O)C1. The Hall–Kier alpha value is -1.15. The van der Waals surface area contributed by atoms with E-state index in [1.165, 1.54) is 11.9 Å². The van der Waals surface area contributed by atoms with Crippen molar-refractivity contribution in [2.45, 2.75) is 12.8 Å². The Bertz CT molecular complexity index is 406. The highest BCUT2D eigenvalue weighted by Crippen LogP contribution is 2.16. The molecule has 1 saturated heterocycles. The van der Waals surface area contributed by atoms with Crippen LogP contribution >= 0.6 is 0 Å². The molecule has 0 spiro atoms. The second-order valence-corrected chi connectivity index (χ2v) is 5.91. The van der Waals surface area contributed by atoms with Crippen LogP contribution in [0.3, 0.4) is 0 Å². The lowest BCUT2D eigenvalue weighted by Gasteiger charge is -2.30. The zero-order valence-electron chi connectivity index (χ0n) is 9.55. The van der Waals surface area contributed by atoms with E-state index in [1.54, 1.807) is 0 Å². The van der Waals surface area contributed by atoms with Crippen LogP contribution in [0.2, 0.25) is 0 Å². The van der Waals surface area contributed by atoms with Gasteiger partial charge in [0.15, 0.2) is 0 Å². The predicted octanol–water partition coefficient (Wildman–Crippen LogP) is -1.14. The number of sulfonamides is 1. The maximum absolute atomic E-state index is 11.7. The standard InChI is InChI=1S/C9H16N2O5S/c1-10-17(15,16)6-8(12)11-4-2-3-7(5-11)9(13)14/h7,10H,2-6H2,1H3,(H,13,14). The fourth-order valence-electron chi connectivity index (χ4n) is 1.73. The van der Waals surface area contributed by atoms with Gasteiger partial charge < -0.3 is 10.0 Å². The number of amides is 1. The minimum absolute atomic E-state index is 0.0907. The number of nitrogens with one attached hydrogen (secondary N) is 1. The first kappa shape index (κ1) is 13.9. The molecule has 1 aliphatic rings. The molecule has 0 aromatic carbocycles. The van der Waals surface area contributed by atoms with Crippen LogP contribution < -0.4 is 4.72 Å². The van der Waals surface area contributed by atoms with E-state index in [2.05, 4.69) is 4.72 Å². The van der Waals surface area contributed by atoms with Crippen molar-refractivity contribution in [3.8, 4) is 0 Å². The molecule has 98 valence electrons. The Balaban J connectivity index is 2.61. The number of aliphatic carboxylic acids is 1. The maximum atomic E-state index is 11.7. The molecule has 0 saturated carbocycles. The highest BCUT2D eigenvalue weighted by molar-refractivity contribution is 7.90. The van der Waals surface area contributed by atoms with Crippen molar-refractivity contribution >= 4 is 21.9 Å². The lowest BCUT2D eigenvalue weighted by molar-refractivity contribution is -0.145. The number of hydrogen-bond donors (Lipinski definition) is 2. The third-order valence-corrected chi connectivity index (χ3v) is 4.00. The molecule has 0 radical (unpaired) electrons. The zero-order chi connectivity index (χ0) is 13.1. The first-order valence-electron chi connectivity index (χ1n) is 5.27. The van der Waals surface area contributed by atoms with Crippen LogP contribution in [-0.2, 0) is 19.6 Å². The summed E-state index contributed by atoms with van der Waals surface area (Å²) in [6.07, 6.45) is 1.11. The van der Waals surface area contributed by atoms with Gasteiger partial charge in [-0.3, -0.25) is 9.59 Å². The van der Waals surface area contributed by atoms with Crippen LogP contribution in [0.1, 0.15) is 12.8 Å². The van der Waals surface area contributed by atoms with Gasteiger partial charge in [-0.1, -0.05) is 0 Å².